The number of esters is 1. The Morgan fingerprint density at radius 3 is 1.97 bits per heavy atom. The average molecular weight is 509 g/mol. The molecule has 0 aliphatic carbocycles. The van der Waals surface area contributed by atoms with Gasteiger partial charge < -0.3 is 28.8 Å². The van der Waals surface area contributed by atoms with Gasteiger partial charge in [-0.15, -0.1) is 0 Å². The Balaban J connectivity index is 2.47. The van der Waals surface area contributed by atoms with Crippen molar-refractivity contribution >= 4 is 27.9 Å². The molecular weight excluding hydrogens is 480 g/mol. The van der Waals surface area contributed by atoms with E-state index in [0.717, 1.165) is 12.3 Å². The van der Waals surface area contributed by atoms with E-state index < -0.39 is 33.1 Å². The van der Waals surface area contributed by atoms with Gasteiger partial charge in [0.1, 0.15) is 23.0 Å². The van der Waals surface area contributed by atoms with Crippen molar-refractivity contribution < 1.29 is 46.8 Å². The lowest BCUT2D eigenvalue weighted by Crippen LogP contribution is -2.37. The Bertz CT molecular complexity index is 1210. The Hall–Kier alpha value is -3.73. The van der Waals surface area contributed by atoms with E-state index in [1.165, 1.54) is 59.6 Å². The first-order valence-electron chi connectivity index (χ1n) is 10.2. The molecule has 190 valence electrons. The third-order valence-corrected chi connectivity index (χ3v) is 6.38. The quantitative estimate of drug-likeness (QED) is 0.451. The molecule has 1 N–H and O–H groups in total. The molecule has 2 aromatic carbocycles. The van der Waals surface area contributed by atoms with Crippen molar-refractivity contribution in [1.29, 1.82) is 0 Å². The summed E-state index contributed by atoms with van der Waals surface area (Å²) in [5.41, 5.74) is -1.43. The SMILES string of the molecule is COc1cc(OC)c(/C=C/S(=O)(=O)Cc2ccc(OC)c(C(C)(OC(C)=O)C(=O)O)c2)c(OC)c1. The number of carbonyl (C=O) groups excluding carboxylic acids is 1. The summed E-state index contributed by atoms with van der Waals surface area (Å²) in [6.07, 6.45) is 1.34. The van der Waals surface area contributed by atoms with Crippen LogP contribution < -0.4 is 18.9 Å². The fourth-order valence-corrected chi connectivity index (χ4v) is 4.45. The number of ether oxygens (including phenoxy) is 5. The molecule has 2 rings (SSSR count). The van der Waals surface area contributed by atoms with E-state index in [4.69, 9.17) is 23.7 Å². The van der Waals surface area contributed by atoms with E-state index in [1.807, 2.05) is 0 Å². The number of methoxy groups -OCH3 is 4. The summed E-state index contributed by atoms with van der Waals surface area (Å²) >= 11 is 0. The normalized spacial score (nSPS) is 13.1. The predicted octanol–water partition coefficient (Wildman–Crippen LogP) is 3.17. The van der Waals surface area contributed by atoms with E-state index in [0.29, 0.717) is 22.8 Å². The van der Waals surface area contributed by atoms with Crippen molar-refractivity contribution in [2.45, 2.75) is 25.2 Å². The van der Waals surface area contributed by atoms with Crippen LogP contribution in [-0.2, 0) is 35.5 Å². The van der Waals surface area contributed by atoms with Crippen LogP contribution in [0.3, 0.4) is 0 Å². The molecule has 0 fully saturated rings. The van der Waals surface area contributed by atoms with Crippen LogP contribution in [0.2, 0.25) is 0 Å². The van der Waals surface area contributed by atoms with Gasteiger partial charge in [0.25, 0.3) is 0 Å². The van der Waals surface area contributed by atoms with Gasteiger partial charge >= 0.3 is 11.9 Å². The fraction of sp³-hybridized carbons (Fsp3) is 0.333. The van der Waals surface area contributed by atoms with Gasteiger partial charge in [-0.25, -0.2) is 13.2 Å². The highest BCUT2D eigenvalue weighted by atomic mass is 32.2. The molecule has 0 amide bonds. The second kappa shape index (κ2) is 11.1. The molecule has 35 heavy (non-hydrogen) atoms. The van der Waals surface area contributed by atoms with Crippen LogP contribution in [0.15, 0.2) is 35.7 Å². The first-order chi connectivity index (χ1) is 16.4. The van der Waals surface area contributed by atoms with Crippen LogP contribution in [0.25, 0.3) is 6.08 Å². The number of carboxylic acids is 1. The van der Waals surface area contributed by atoms with Crippen LogP contribution in [0.4, 0.5) is 0 Å². The van der Waals surface area contributed by atoms with Crippen molar-refractivity contribution in [3.05, 3.63) is 52.4 Å². The Kier molecular flexibility index (Phi) is 8.75. The second-order valence-electron chi connectivity index (χ2n) is 7.52. The molecule has 1 unspecified atom stereocenters. The Morgan fingerprint density at radius 1 is 0.943 bits per heavy atom. The minimum atomic E-state index is -3.84. The maximum atomic E-state index is 12.9. The van der Waals surface area contributed by atoms with E-state index >= 15 is 0 Å². The highest BCUT2D eigenvalue weighted by molar-refractivity contribution is 7.93. The summed E-state index contributed by atoms with van der Waals surface area (Å²) in [7, 11) is 1.82. The van der Waals surface area contributed by atoms with Crippen LogP contribution >= 0.6 is 0 Å². The van der Waals surface area contributed by atoms with E-state index in [-0.39, 0.29) is 16.9 Å². The zero-order valence-electron chi connectivity index (χ0n) is 20.3. The molecule has 1 atom stereocenters. The van der Waals surface area contributed by atoms with Crippen molar-refractivity contribution in [3.8, 4) is 23.0 Å². The van der Waals surface area contributed by atoms with Crippen LogP contribution in [0, 0.1) is 0 Å². The molecular formula is C24H28O10S. The van der Waals surface area contributed by atoms with Gasteiger partial charge in [-0.1, -0.05) is 6.07 Å². The van der Waals surface area contributed by atoms with Crippen LogP contribution in [0.5, 0.6) is 23.0 Å². The standard InChI is InChI=1S/C24H28O10S/c1-15(25)34-24(2,23(26)27)19-11-16(7-8-20(19)31-4)14-35(28,29)10-9-18-21(32-5)12-17(30-3)13-22(18)33-6/h7-13H,14H2,1-6H3,(H,26,27)/b10-9+. The predicted molar refractivity (Wildman–Crippen MR) is 128 cm³/mol. The van der Waals surface area contributed by atoms with Crippen molar-refractivity contribution in [1.82, 2.24) is 0 Å². The Morgan fingerprint density at radius 2 is 1.51 bits per heavy atom. The smallest absolute Gasteiger partial charge is 0.352 e. The fourth-order valence-electron chi connectivity index (χ4n) is 3.37. The summed E-state index contributed by atoms with van der Waals surface area (Å²) in [5, 5.41) is 10.7. The third kappa shape index (κ3) is 6.44. The molecule has 0 radical (unpaired) electrons. The molecule has 0 saturated heterocycles. The van der Waals surface area contributed by atoms with Crippen molar-refractivity contribution in [2.75, 3.05) is 28.4 Å². The molecule has 2 aromatic rings. The number of carboxylic acid groups (broad SMARTS) is 1. The Labute approximate surface area is 203 Å². The van der Waals surface area contributed by atoms with Gasteiger partial charge in [-0.2, -0.15) is 0 Å². The molecule has 0 bridgehead atoms. The lowest BCUT2D eigenvalue weighted by molar-refractivity contribution is -0.176. The number of hydrogen-bond donors (Lipinski definition) is 1. The number of sulfone groups is 1. The van der Waals surface area contributed by atoms with Gasteiger partial charge in [0.2, 0.25) is 5.60 Å². The topological polar surface area (TPSA) is 135 Å². The summed E-state index contributed by atoms with van der Waals surface area (Å²) in [6, 6.07) is 7.41. The first kappa shape index (κ1) is 27.5. The van der Waals surface area contributed by atoms with Gasteiger partial charge in [0, 0.05) is 30.0 Å². The maximum Gasteiger partial charge on any atom is 0.352 e. The van der Waals surface area contributed by atoms with Gasteiger partial charge in [0.15, 0.2) is 9.84 Å². The van der Waals surface area contributed by atoms with Gasteiger partial charge in [-0.05, 0) is 30.7 Å². The third-order valence-electron chi connectivity index (χ3n) is 5.10. The lowest BCUT2D eigenvalue weighted by Gasteiger charge is -2.27. The van der Waals surface area contributed by atoms with E-state index in [1.54, 1.807) is 12.1 Å². The molecule has 11 heteroatoms. The van der Waals surface area contributed by atoms with Crippen molar-refractivity contribution in [3.63, 3.8) is 0 Å². The molecule has 0 saturated carbocycles. The number of aliphatic carboxylic acids is 1. The molecule has 0 aromatic heterocycles. The molecule has 0 aliphatic heterocycles. The van der Waals surface area contributed by atoms with Gasteiger partial charge in [0.05, 0.1) is 39.8 Å². The average Bonchev–Trinajstić information content (AvgIpc) is 2.81. The second-order valence-corrected chi connectivity index (χ2v) is 9.41. The van der Waals surface area contributed by atoms with Crippen molar-refractivity contribution in [2.24, 2.45) is 0 Å². The summed E-state index contributed by atoms with van der Waals surface area (Å²) in [5.74, 6) is -1.43. The minimum Gasteiger partial charge on any atom is -0.496 e. The number of rotatable bonds is 11. The highest BCUT2D eigenvalue weighted by Gasteiger charge is 2.41. The monoisotopic (exact) mass is 508 g/mol. The molecule has 0 spiro atoms. The van der Waals surface area contributed by atoms with E-state index in [9.17, 15) is 23.1 Å². The number of benzene rings is 2. The van der Waals surface area contributed by atoms with Crippen LogP contribution in [-0.4, -0.2) is 53.9 Å². The summed E-state index contributed by atoms with van der Waals surface area (Å²) in [6.45, 7) is 2.27. The van der Waals surface area contributed by atoms with Gasteiger partial charge in [-0.3, -0.25) is 4.79 Å². The zero-order valence-corrected chi connectivity index (χ0v) is 21.1. The molecule has 0 aliphatic rings. The minimum absolute atomic E-state index is 0.00197. The maximum absolute atomic E-state index is 12.9. The summed E-state index contributed by atoms with van der Waals surface area (Å²) in [4.78, 5) is 23.5. The highest BCUT2D eigenvalue weighted by Crippen LogP contribution is 2.36. The first-order valence-corrected chi connectivity index (χ1v) is 11.9. The van der Waals surface area contributed by atoms with E-state index in [2.05, 4.69) is 0 Å². The van der Waals surface area contributed by atoms with Crippen LogP contribution in [0.1, 0.15) is 30.5 Å². The molecule has 0 heterocycles. The zero-order chi connectivity index (χ0) is 26.4. The lowest BCUT2D eigenvalue weighted by atomic mass is 9.93. The largest absolute Gasteiger partial charge is 0.496 e. The summed E-state index contributed by atoms with van der Waals surface area (Å²) < 4.78 is 51.9. The molecule has 10 nitrogen and oxygen atoms in total. The number of carbonyl (C=O) groups is 2. The number of hydrogen-bond acceptors (Lipinski definition) is 9.